The Labute approximate surface area is 163 Å². The van der Waals surface area contributed by atoms with Gasteiger partial charge < -0.3 is 14.0 Å². The molecule has 0 aromatic carbocycles. The summed E-state index contributed by atoms with van der Waals surface area (Å²) in [6.07, 6.45) is 1.77. The van der Waals surface area contributed by atoms with Crippen molar-refractivity contribution in [1.82, 2.24) is 39.7 Å². The molecule has 0 aliphatic heterocycles. The lowest BCUT2D eigenvalue weighted by Crippen LogP contribution is -2.05. The first-order valence-corrected chi connectivity index (χ1v) is 8.77. The molecule has 0 atom stereocenters. The van der Waals surface area contributed by atoms with E-state index in [1.165, 1.54) is 4.52 Å². The lowest BCUT2D eigenvalue weighted by molar-refractivity contribution is 0.264. The smallest absolute Gasteiger partial charge is 0.275 e. The van der Waals surface area contributed by atoms with Crippen LogP contribution in [0.2, 0.25) is 0 Å². The van der Waals surface area contributed by atoms with Gasteiger partial charge in [-0.25, -0.2) is 4.98 Å². The molecule has 5 aromatic heterocycles. The van der Waals surface area contributed by atoms with Crippen molar-refractivity contribution in [2.24, 2.45) is 7.05 Å². The van der Waals surface area contributed by atoms with Crippen molar-refractivity contribution in [3.05, 3.63) is 41.9 Å². The van der Waals surface area contributed by atoms with E-state index in [1.54, 1.807) is 37.0 Å². The summed E-state index contributed by atoms with van der Waals surface area (Å²) >= 11 is 0. The Balaban J connectivity index is 1.49. The number of aryl methyl sites for hydroxylation is 2. The van der Waals surface area contributed by atoms with Crippen LogP contribution in [-0.2, 0) is 13.7 Å². The predicted octanol–water partition coefficient (Wildman–Crippen LogP) is 1.96. The second-order valence-corrected chi connectivity index (χ2v) is 6.41. The maximum Gasteiger partial charge on any atom is 0.275 e. The average Bonchev–Trinajstić information content (AvgIpc) is 3.44. The van der Waals surface area contributed by atoms with Gasteiger partial charge in [0, 0.05) is 24.6 Å². The molecular weight excluding hydrogens is 376 g/mol. The monoisotopic (exact) mass is 392 g/mol. The Morgan fingerprint density at radius 2 is 2.07 bits per heavy atom. The van der Waals surface area contributed by atoms with Gasteiger partial charge in [0.15, 0.2) is 22.7 Å². The number of hydrogen-bond donors (Lipinski definition) is 0. The Morgan fingerprint density at radius 1 is 1.17 bits per heavy atom. The first-order valence-electron chi connectivity index (χ1n) is 8.77. The Kier molecular flexibility index (Phi) is 3.86. The average molecular weight is 392 g/mol. The number of nitrogens with zero attached hydrogens (tertiary/aromatic N) is 8. The van der Waals surface area contributed by atoms with Gasteiger partial charge in [-0.2, -0.15) is 9.61 Å². The quantitative estimate of drug-likeness (QED) is 0.442. The van der Waals surface area contributed by atoms with Crippen molar-refractivity contribution in [2.75, 3.05) is 7.11 Å². The SMILES string of the molecule is COc1cc2nnc(-c3cc(C)on3)n2nc1OCc1ccc2cnn(C)c2n1. The maximum absolute atomic E-state index is 5.90. The number of ether oxygens (including phenoxy) is 2. The van der Waals surface area contributed by atoms with Crippen LogP contribution in [0.25, 0.3) is 28.2 Å². The molecule has 146 valence electrons. The summed E-state index contributed by atoms with van der Waals surface area (Å²) in [5, 5.41) is 21.9. The lowest BCUT2D eigenvalue weighted by Gasteiger charge is -2.10. The Bertz CT molecular complexity index is 1340. The summed E-state index contributed by atoms with van der Waals surface area (Å²) in [5.74, 6) is 1.83. The van der Waals surface area contributed by atoms with Crippen LogP contribution in [0, 0.1) is 6.92 Å². The van der Waals surface area contributed by atoms with E-state index in [0.717, 1.165) is 16.7 Å². The van der Waals surface area contributed by atoms with Gasteiger partial charge in [-0.05, 0) is 19.1 Å². The van der Waals surface area contributed by atoms with E-state index in [1.807, 2.05) is 19.2 Å². The molecule has 0 fully saturated rings. The molecule has 29 heavy (non-hydrogen) atoms. The molecule has 0 spiro atoms. The summed E-state index contributed by atoms with van der Waals surface area (Å²) in [6, 6.07) is 7.30. The minimum atomic E-state index is 0.205. The summed E-state index contributed by atoms with van der Waals surface area (Å²) < 4.78 is 19.7. The number of methoxy groups -OCH3 is 1. The Hall–Kier alpha value is -4.02. The molecule has 5 aromatic rings. The van der Waals surface area contributed by atoms with E-state index in [0.29, 0.717) is 28.7 Å². The lowest BCUT2D eigenvalue weighted by atomic mass is 10.3. The van der Waals surface area contributed by atoms with Crippen LogP contribution in [0.5, 0.6) is 11.6 Å². The molecule has 11 heteroatoms. The van der Waals surface area contributed by atoms with Gasteiger partial charge in [-0.3, -0.25) is 4.68 Å². The van der Waals surface area contributed by atoms with Gasteiger partial charge in [0.05, 0.1) is 19.0 Å². The van der Waals surface area contributed by atoms with Crippen molar-refractivity contribution >= 4 is 16.7 Å². The van der Waals surface area contributed by atoms with Crippen LogP contribution in [0.3, 0.4) is 0 Å². The molecule has 0 aliphatic carbocycles. The number of aromatic nitrogens is 8. The number of hydrogen-bond acceptors (Lipinski definition) is 9. The van der Waals surface area contributed by atoms with Crippen LogP contribution < -0.4 is 9.47 Å². The highest BCUT2D eigenvalue weighted by atomic mass is 16.5. The summed E-state index contributed by atoms with van der Waals surface area (Å²) in [6.45, 7) is 2.01. The highest BCUT2D eigenvalue weighted by Crippen LogP contribution is 2.28. The fraction of sp³-hybridized carbons (Fsp3) is 0.222. The van der Waals surface area contributed by atoms with Gasteiger partial charge in [0.25, 0.3) is 5.88 Å². The van der Waals surface area contributed by atoms with Gasteiger partial charge in [-0.15, -0.1) is 15.3 Å². The molecule has 0 amide bonds. The maximum atomic E-state index is 5.90. The largest absolute Gasteiger partial charge is 0.491 e. The minimum Gasteiger partial charge on any atom is -0.491 e. The summed E-state index contributed by atoms with van der Waals surface area (Å²) in [5.41, 5.74) is 2.55. The zero-order valence-electron chi connectivity index (χ0n) is 15.9. The third-order valence-corrected chi connectivity index (χ3v) is 4.40. The topological polar surface area (TPSA) is 118 Å². The first kappa shape index (κ1) is 17.1. The zero-order chi connectivity index (χ0) is 20.0. The van der Waals surface area contributed by atoms with E-state index in [4.69, 9.17) is 14.0 Å². The van der Waals surface area contributed by atoms with Gasteiger partial charge in [-0.1, -0.05) is 5.16 Å². The second kappa shape index (κ2) is 6.55. The minimum absolute atomic E-state index is 0.205. The van der Waals surface area contributed by atoms with Crippen LogP contribution in [0.15, 0.2) is 35.0 Å². The number of rotatable bonds is 5. The van der Waals surface area contributed by atoms with Crippen molar-refractivity contribution in [3.8, 4) is 23.1 Å². The van der Waals surface area contributed by atoms with Crippen LogP contribution in [0.4, 0.5) is 0 Å². The zero-order valence-corrected chi connectivity index (χ0v) is 15.9. The van der Waals surface area contributed by atoms with Gasteiger partial charge in [0.1, 0.15) is 12.4 Å². The second-order valence-electron chi connectivity index (χ2n) is 6.41. The molecule has 11 nitrogen and oxygen atoms in total. The summed E-state index contributed by atoms with van der Waals surface area (Å²) in [7, 11) is 3.39. The number of fused-ring (bicyclic) bond motifs is 2. The molecule has 0 saturated carbocycles. The molecule has 5 rings (SSSR count). The normalized spacial score (nSPS) is 11.4. The Morgan fingerprint density at radius 3 is 2.86 bits per heavy atom. The van der Waals surface area contributed by atoms with Crippen LogP contribution >= 0.6 is 0 Å². The van der Waals surface area contributed by atoms with Crippen molar-refractivity contribution in [1.29, 1.82) is 0 Å². The fourth-order valence-corrected chi connectivity index (χ4v) is 2.96. The third-order valence-electron chi connectivity index (χ3n) is 4.40. The van der Waals surface area contributed by atoms with Crippen molar-refractivity contribution in [3.63, 3.8) is 0 Å². The fourth-order valence-electron chi connectivity index (χ4n) is 2.96. The molecule has 0 N–H and O–H groups in total. The van der Waals surface area contributed by atoms with E-state index in [2.05, 4.69) is 30.5 Å². The van der Waals surface area contributed by atoms with E-state index in [-0.39, 0.29) is 12.5 Å². The highest BCUT2D eigenvalue weighted by molar-refractivity contribution is 5.74. The molecule has 0 radical (unpaired) electrons. The predicted molar refractivity (Wildman–Crippen MR) is 100 cm³/mol. The van der Waals surface area contributed by atoms with Crippen LogP contribution in [0.1, 0.15) is 11.5 Å². The summed E-state index contributed by atoms with van der Waals surface area (Å²) in [4.78, 5) is 4.58. The van der Waals surface area contributed by atoms with E-state index in [9.17, 15) is 0 Å². The van der Waals surface area contributed by atoms with Gasteiger partial charge in [0.2, 0.25) is 5.82 Å². The molecule has 0 unspecified atom stereocenters. The molecular formula is C18H16N8O3. The number of pyridine rings is 1. The van der Waals surface area contributed by atoms with E-state index < -0.39 is 0 Å². The highest BCUT2D eigenvalue weighted by Gasteiger charge is 2.18. The first-order chi connectivity index (χ1) is 14.1. The van der Waals surface area contributed by atoms with Gasteiger partial charge >= 0.3 is 0 Å². The van der Waals surface area contributed by atoms with Crippen molar-refractivity contribution in [2.45, 2.75) is 13.5 Å². The van der Waals surface area contributed by atoms with Crippen LogP contribution in [-0.4, -0.2) is 46.8 Å². The molecule has 0 aliphatic rings. The third kappa shape index (κ3) is 2.92. The molecule has 5 heterocycles. The van der Waals surface area contributed by atoms with Crippen molar-refractivity contribution < 1.29 is 14.0 Å². The standard InChI is InChI=1S/C18H16N8O3/c1-10-6-13(24-29-10)17-22-21-15-7-14(27-3)18(23-26(15)17)28-9-12-5-4-11-8-19-25(2)16(11)20-12/h4-8H,9H2,1-3H3. The van der Waals surface area contributed by atoms with E-state index >= 15 is 0 Å². The molecule has 0 bridgehead atoms. The molecule has 0 saturated heterocycles.